The molecule has 1 aromatic carbocycles. The summed E-state index contributed by atoms with van der Waals surface area (Å²) >= 11 is 0. The van der Waals surface area contributed by atoms with Gasteiger partial charge in [-0.25, -0.2) is 4.98 Å². The van der Waals surface area contributed by atoms with Gasteiger partial charge in [0, 0.05) is 23.4 Å². The van der Waals surface area contributed by atoms with E-state index < -0.39 is 0 Å². The summed E-state index contributed by atoms with van der Waals surface area (Å²) in [5, 5.41) is 3.19. The Kier molecular flexibility index (Phi) is 3.72. The summed E-state index contributed by atoms with van der Waals surface area (Å²) in [7, 11) is 0. The SMILES string of the molecule is CC(C)Nc1ccc(C(=O)c2ccccc2)cn1. The highest BCUT2D eigenvalue weighted by Crippen LogP contribution is 2.11. The van der Waals surface area contributed by atoms with Crippen LogP contribution in [0.3, 0.4) is 0 Å². The van der Waals surface area contributed by atoms with Crippen LogP contribution >= 0.6 is 0 Å². The average Bonchev–Trinajstić information content (AvgIpc) is 2.39. The molecule has 0 aliphatic carbocycles. The fourth-order valence-electron chi connectivity index (χ4n) is 1.67. The minimum atomic E-state index is -0.000744. The van der Waals surface area contributed by atoms with Crippen molar-refractivity contribution in [2.24, 2.45) is 0 Å². The van der Waals surface area contributed by atoms with Crippen molar-refractivity contribution in [1.29, 1.82) is 0 Å². The van der Waals surface area contributed by atoms with Gasteiger partial charge in [0.25, 0.3) is 0 Å². The van der Waals surface area contributed by atoms with Crippen molar-refractivity contribution in [3.8, 4) is 0 Å². The summed E-state index contributed by atoms with van der Waals surface area (Å²) in [5.41, 5.74) is 1.29. The molecular formula is C15H16N2O. The second-order valence-electron chi connectivity index (χ2n) is 4.43. The first-order valence-corrected chi connectivity index (χ1v) is 5.99. The van der Waals surface area contributed by atoms with Crippen molar-refractivity contribution < 1.29 is 4.79 Å². The fraction of sp³-hybridized carbons (Fsp3) is 0.200. The van der Waals surface area contributed by atoms with Crippen LogP contribution in [0.2, 0.25) is 0 Å². The first kappa shape index (κ1) is 12.3. The number of hydrogen-bond acceptors (Lipinski definition) is 3. The number of hydrogen-bond donors (Lipinski definition) is 1. The zero-order valence-electron chi connectivity index (χ0n) is 10.6. The Morgan fingerprint density at radius 1 is 1.06 bits per heavy atom. The first-order valence-electron chi connectivity index (χ1n) is 5.99. The molecule has 1 N–H and O–H groups in total. The van der Waals surface area contributed by atoms with Crippen LogP contribution in [0, 0.1) is 0 Å². The van der Waals surface area contributed by atoms with Crippen molar-refractivity contribution in [2.75, 3.05) is 5.32 Å². The van der Waals surface area contributed by atoms with Gasteiger partial charge in [0.15, 0.2) is 5.78 Å². The van der Waals surface area contributed by atoms with E-state index in [0.29, 0.717) is 17.2 Å². The van der Waals surface area contributed by atoms with E-state index in [1.165, 1.54) is 0 Å². The van der Waals surface area contributed by atoms with Crippen LogP contribution in [0.1, 0.15) is 29.8 Å². The lowest BCUT2D eigenvalue weighted by atomic mass is 10.1. The largest absolute Gasteiger partial charge is 0.368 e. The van der Waals surface area contributed by atoms with Gasteiger partial charge in [0.2, 0.25) is 0 Å². The number of pyridine rings is 1. The molecule has 0 saturated heterocycles. The minimum absolute atomic E-state index is 0.000744. The quantitative estimate of drug-likeness (QED) is 0.835. The third-order valence-corrected chi connectivity index (χ3v) is 2.50. The van der Waals surface area contributed by atoms with Gasteiger partial charge in [-0.3, -0.25) is 4.79 Å². The predicted molar refractivity (Wildman–Crippen MR) is 72.9 cm³/mol. The number of nitrogens with zero attached hydrogens (tertiary/aromatic N) is 1. The Morgan fingerprint density at radius 3 is 2.33 bits per heavy atom. The molecule has 0 unspecified atom stereocenters. The number of benzene rings is 1. The van der Waals surface area contributed by atoms with Crippen LogP contribution in [0.25, 0.3) is 0 Å². The number of rotatable bonds is 4. The zero-order chi connectivity index (χ0) is 13.0. The summed E-state index contributed by atoms with van der Waals surface area (Å²) in [6.07, 6.45) is 1.61. The second kappa shape index (κ2) is 5.45. The third kappa shape index (κ3) is 2.94. The molecule has 2 aromatic rings. The molecule has 0 radical (unpaired) electrons. The van der Waals surface area contributed by atoms with E-state index in [-0.39, 0.29) is 5.78 Å². The number of ketones is 1. The molecular weight excluding hydrogens is 224 g/mol. The summed E-state index contributed by atoms with van der Waals surface area (Å²) < 4.78 is 0. The van der Waals surface area contributed by atoms with E-state index in [4.69, 9.17) is 0 Å². The number of carbonyl (C=O) groups excluding carboxylic acids is 1. The topological polar surface area (TPSA) is 42.0 Å². The molecule has 0 aliphatic heterocycles. The van der Waals surface area contributed by atoms with Gasteiger partial charge >= 0.3 is 0 Å². The summed E-state index contributed by atoms with van der Waals surface area (Å²) in [5.74, 6) is 0.786. The van der Waals surface area contributed by atoms with E-state index in [0.717, 1.165) is 5.82 Å². The number of aromatic nitrogens is 1. The van der Waals surface area contributed by atoms with Crippen LogP contribution < -0.4 is 5.32 Å². The molecule has 0 amide bonds. The van der Waals surface area contributed by atoms with Crippen LogP contribution in [0.5, 0.6) is 0 Å². The number of nitrogens with one attached hydrogen (secondary N) is 1. The smallest absolute Gasteiger partial charge is 0.194 e. The summed E-state index contributed by atoms with van der Waals surface area (Å²) in [4.78, 5) is 16.4. The van der Waals surface area contributed by atoms with E-state index in [1.54, 1.807) is 12.3 Å². The van der Waals surface area contributed by atoms with Crippen LogP contribution in [-0.2, 0) is 0 Å². The Morgan fingerprint density at radius 2 is 1.78 bits per heavy atom. The molecule has 0 saturated carbocycles. The number of anilines is 1. The van der Waals surface area contributed by atoms with Crippen molar-refractivity contribution in [2.45, 2.75) is 19.9 Å². The normalized spacial score (nSPS) is 10.4. The molecule has 18 heavy (non-hydrogen) atoms. The minimum Gasteiger partial charge on any atom is -0.368 e. The summed E-state index contributed by atoms with van der Waals surface area (Å²) in [6.45, 7) is 4.09. The average molecular weight is 240 g/mol. The molecule has 0 spiro atoms. The Balaban J connectivity index is 2.17. The molecule has 0 atom stereocenters. The van der Waals surface area contributed by atoms with Gasteiger partial charge < -0.3 is 5.32 Å². The highest BCUT2D eigenvalue weighted by molar-refractivity contribution is 6.08. The van der Waals surface area contributed by atoms with Gasteiger partial charge in [-0.1, -0.05) is 30.3 Å². The zero-order valence-corrected chi connectivity index (χ0v) is 10.6. The summed E-state index contributed by atoms with van der Waals surface area (Å²) in [6, 6.07) is 13.2. The van der Waals surface area contributed by atoms with Crippen molar-refractivity contribution in [1.82, 2.24) is 4.98 Å². The third-order valence-electron chi connectivity index (χ3n) is 2.50. The van der Waals surface area contributed by atoms with Crippen LogP contribution in [-0.4, -0.2) is 16.8 Å². The lowest BCUT2D eigenvalue weighted by molar-refractivity contribution is 0.103. The van der Waals surface area contributed by atoms with E-state index in [9.17, 15) is 4.79 Å². The van der Waals surface area contributed by atoms with Crippen molar-refractivity contribution in [3.05, 3.63) is 59.8 Å². The lowest BCUT2D eigenvalue weighted by Gasteiger charge is -2.09. The predicted octanol–water partition coefficient (Wildman–Crippen LogP) is 3.13. The first-order chi connectivity index (χ1) is 8.66. The highest BCUT2D eigenvalue weighted by Gasteiger charge is 2.08. The monoisotopic (exact) mass is 240 g/mol. The van der Waals surface area contributed by atoms with Crippen LogP contribution in [0.4, 0.5) is 5.82 Å². The Hall–Kier alpha value is -2.16. The molecule has 0 aliphatic rings. The standard InChI is InChI=1S/C15H16N2O/c1-11(2)17-14-9-8-13(10-16-14)15(18)12-6-4-3-5-7-12/h3-11H,1-2H3,(H,16,17). The molecule has 3 nitrogen and oxygen atoms in total. The second-order valence-corrected chi connectivity index (χ2v) is 4.43. The van der Waals surface area contributed by atoms with Crippen molar-refractivity contribution in [3.63, 3.8) is 0 Å². The van der Waals surface area contributed by atoms with Gasteiger partial charge in [-0.15, -0.1) is 0 Å². The molecule has 3 heteroatoms. The van der Waals surface area contributed by atoms with Crippen LogP contribution in [0.15, 0.2) is 48.7 Å². The maximum absolute atomic E-state index is 12.1. The van der Waals surface area contributed by atoms with Gasteiger partial charge in [-0.05, 0) is 26.0 Å². The molecule has 2 rings (SSSR count). The Labute approximate surface area is 107 Å². The highest BCUT2D eigenvalue weighted by atomic mass is 16.1. The number of carbonyl (C=O) groups is 1. The maximum atomic E-state index is 12.1. The molecule has 0 fully saturated rings. The van der Waals surface area contributed by atoms with E-state index in [1.807, 2.05) is 50.2 Å². The fourth-order valence-corrected chi connectivity index (χ4v) is 1.67. The lowest BCUT2D eigenvalue weighted by Crippen LogP contribution is -2.11. The Bertz CT molecular complexity index is 518. The van der Waals surface area contributed by atoms with E-state index in [2.05, 4.69) is 10.3 Å². The molecule has 1 aromatic heterocycles. The van der Waals surface area contributed by atoms with Gasteiger partial charge in [0.1, 0.15) is 5.82 Å². The van der Waals surface area contributed by atoms with E-state index >= 15 is 0 Å². The molecule has 1 heterocycles. The van der Waals surface area contributed by atoms with Gasteiger partial charge in [-0.2, -0.15) is 0 Å². The van der Waals surface area contributed by atoms with Gasteiger partial charge in [0.05, 0.1) is 0 Å². The van der Waals surface area contributed by atoms with Crippen molar-refractivity contribution >= 4 is 11.6 Å². The maximum Gasteiger partial charge on any atom is 0.194 e. The molecule has 92 valence electrons. The molecule has 0 bridgehead atoms.